The molecule has 1 fully saturated rings. The number of benzene rings is 1. The van der Waals surface area contributed by atoms with Gasteiger partial charge in [0.2, 0.25) is 0 Å². The van der Waals surface area contributed by atoms with Gasteiger partial charge in [-0.2, -0.15) is 0 Å². The molecular formula is C16H20FN3O2. The van der Waals surface area contributed by atoms with Crippen molar-refractivity contribution in [3.05, 3.63) is 48.3 Å². The molecule has 6 heteroatoms. The van der Waals surface area contributed by atoms with Crippen LogP contribution in [0.1, 0.15) is 12.1 Å². The lowest BCUT2D eigenvalue weighted by molar-refractivity contribution is 0.00322. The average Bonchev–Trinajstić information content (AvgIpc) is 3.04. The molecule has 1 saturated heterocycles. The van der Waals surface area contributed by atoms with Crippen molar-refractivity contribution in [2.24, 2.45) is 7.05 Å². The molecule has 1 aromatic carbocycles. The topological polar surface area (TPSA) is 50.5 Å². The van der Waals surface area contributed by atoms with Crippen LogP contribution in [-0.4, -0.2) is 44.9 Å². The maximum absolute atomic E-state index is 13.1. The monoisotopic (exact) mass is 305 g/mol. The number of rotatable bonds is 5. The van der Waals surface area contributed by atoms with E-state index < -0.39 is 5.60 Å². The van der Waals surface area contributed by atoms with Gasteiger partial charge in [-0.25, -0.2) is 9.37 Å². The molecular weight excluding hydrogens is 285 g/mol. The van der Waals surface area contributed by atoms with Gasteiger partial charge in [-0.15, -0.1) is 0 Å². The zero-order chi connectivity index (χ0) is 15.6. The first kappa shape index (κ1) is 15.0. The molecule has 0 bridgehead atoms. The molecule has 1 aliphatic heterocycles. The highest BCUT2D eigenvalue weighted by Crippen LogP contribution is 2.24. The molecule has 0 aliphatic carbocycles. The first-order valence-corrected chi connectivity index (χ1v) is 7.32. The number of aryl methyl sites for hydroxylation is 1. The maximum Gasteiger partial charge on any atom is 0.126 e. The van der Waals surface area contributed by atoms with E-state index >= 15 is 0 Å². The number of likely N-dealkylation sites (tertiary alicyclic amines) is 1. The largest absolute Gasteiger partial charge is 0.490 e. The van der Waals surface area contributed by atoms with E-state index in [9.17, 15) is 9.50 Å². The van der Waals surface area contributed by atoms with Gasteiger partial charge in [0.25, 0.3) is 0 Å². The van der Waals surface area contributed by atoms with Crippen LogP contribution >= 0.6 is 0 Å². The van der Waals surface area contributed by atoms with Crippen molar-refractivity contribution >= 4 is 0 Å². The molecule has 5 nitrogen and oxygen atoms in total. The lowest BCUT2D eigenvalue weighted by Crippen LogP contribution is -2.39. The molecule has 1 aliphatic rings. The van der Waals surface area contributed by atoms with Gasteiger partial charge in [-0.3, -0.25) is 4.90 Å². The summed E-state index contributed by atoms with van der Waals surface area (Å²) in [6, 6.07) is 5.97. The number of β-amino-alcohol motifs (C(OH)–C–C–N with tert-alkyl or cyclic N) is 1. The van der Waals surface area contributed by atoms with Crippen LogP contribution in [0.4, 0.5) is 4.39 Å². The summed E-state index contributed by atoms with van der Waals surface area (Å²) in [7, 11) is 1.93. The zero-order valence-corrected chi connectivity index (χ0v) is 12.6. The van der Waals surface area contributed by atoms with Crippen molar-refractivity contribution in [3.8, 4) is 5.75 Å². The smallest absolute Gasteiger partial charge is 0.126 e. The molecule has 1 aromatic heterocycles. The van der Waals surface area contributed by atoms with Gasteiger partial charge in [0.05, 0.1) is 12.0 Å². The Balaban J connectivity index is 1.54. The van der Waals surface area contributed by atoms with Crippen LogP contribution in [0.5, 0.6) is 5.75 Å². The number of aliphatic hydroxyl groups is 1. The highest BCUT2D eigenvalue weighted by Gasteiger charge is 2.37. The number of imidazole rings is 1. The van der Waals surface area contributed by atoms with Gasteiger partial charge in [0.1, 0.15) is 23.8 Å². The fraction of sp³-hybridized carbons (Fsp3) is 0.438. The van der Waals surface area contributed by atoms with E-state index in [2.05, 4.69) is 9.88 Å². The number of halogens is 1. The molecule has 118 valence electrons. The SMILES string of the molecule is Cn1cnc(CN2CC[C@](O)(COc3cccc(F)c3)C2)c1. The number of ether oxygens (including phenoxy) is 1. The Hall–Kier alpha value is -1.92. The Morgan fingerprint density at radius 2 is 2.32 bits per heavy atom. The predicted molar refractivity (Wildman–Crippen MR) is 79.9 cm³/mol. The fourth-order valence-corrected chi connectivity index (χ4v) is 2.75. The molecule has 1 atom stereocenters. The van der Waals surface area contributed by atoms with E-state index in [-0.39, 0.29) is 12.4 Å². The zero-order valence-electron chi connectivity index (χ0n) is 12.6. The Labute approximate surface area is 129 Å². The van der Waals surface area contributed by atoms with Gasteiger partial charge in [-0.05, 0) is 18.6 Å². The molecule has 0 spiro atoms. The maximum atomic E-state index is 13.1. The van der Waals surface area contributed by atoms with E-state index in [4.69, 9.17) is 4.74 Å². The molecule has 22 heavy (non-hydrogen) atoms. The summed E-state index contributed by atoms with van der Waals surface area (Å²) in [6.07, 6.45) is 4.38. The first-order valence-electron chi connectivity index (χ1n) is 7.32. The number of nitrogens with zero attached hydrogens (tertiary/aromatic N) is 3. The first-order chi connectivity index (χ1) is 10.5. The Morgan fingerprint density at radius 1 is 1.45 bits per heavy atom. The molecule has 1 N–H and O–H groups in total. The second-order valence-corrected chi connectivity index (χ2v) is 5.96. The summed E-state index contributed by atoms with van der Waals surface area (Å²) in [4.78, 5) is 6.45. The van der Waals surface area contributed by atoms with Gasteiger partial charge in [0.15, 0.2) is 0 Å². The summed E-state index contributed by atoms with van der Waals surface area (Å²) >= 11 is 0. The van der Waals surface area contributed by atoms with Gasteiger partial charge in [0, 0.05) is 38.9 Å². The Bertz CT molecular complexity index is 646. The number of aromatic nitrogens is 2. The highest BCUT2D eigenvalue weighted by molar-refractivity contribution is 5.22. The molecule has 0 saturated carbocycles. The van der Waals surface area contributed by atoms with Crippen LogP contribution in [0.15, 0.2) is 36.8 Å². The molecule has 2 aromatic rings. The lowest BCUT2D eigenvalue weighted by Gasteiger charge is -2.23. The third-order valence-corrected chi connectivity index (χ3v) is 3.86. The third-order valence-electron chi connectivity index (χ3n) is 3.86. The van der Waals surface area contributed by atoms with E-state index in [0.29, 0.717) is 25.3 Å². The quantitative estimate of drug-likeness (QED) is 0.911. The van der Waals surface area contributed by atoms with Crippen LogP contribution < -0.4 is 4.74 Å². The minimum atomic E-state index is -0.902. The molecule has 3 rings (SSSR count). The summed E-state index contributed by atoms with van der Waals surface area (Å²) in [5.74, 6) is 0.101. The van der Waals surface area contributed by atoms with E-state index in [0.717, 1.165) is 12.2 Å². The predicted octanol–water partition coefficient (Wildman–Crippen LogP) is 1.57. The van der Waals surface area contributed by atoms with E-state index in [1.54, 1.807) is 18.5 Å². The van der Waals surface area contributed by atoms with Crippen LogP contribution in [0.25, 0.3) is 0 Å². The fourth-order valence-electron chi connectivity index (χ4n) is 2.75. The van der Waals surface area contributed by atoms with Gasteiger partial charge >= 0.3 is 0 Å². The van der Waals surface area contributed by atoms with Crippen molar-refractivity contribution in [1.82, 2.24) is 14.5 Å². The third kappa shape index (κ3) is 3.64. The van der Waals surface area contributed by atoms with Crippen molar-refractivity contribution in [1.29, 1.82) is 0 Å². The number of hydrogen-bond donors (Lipinski definition) is 1. The summed E-state index contributed by atoms with van der Waals surface area (Å²) in [5.41, 5.74) is 0.0824. The Morgan fingerprint density at radius 3 is 3.05 bits per heavy atom. The van der Waals surface area contributed by atoms with Crippen molar-refractivity contribution < 1.29 is 14.2 Å². The van der Waals surface area contributed by atoms with Crippen molar-refractivity contribution in [2.45, 2.75) is 18.6 Å². The van der Waals surface area contributed by atoms with Crippen molar-refractivity contribution in [2.75, 3.05) is 19.7 Å². The second-order valence-electron chi connectivity index (χ2n) is 5.96. The molecule has 0 amide bonds. The highest BCUT2D eigenvalue weighted by atomic mass is 19.1. The minimum Gasteiger partial charge on any atom is -0.490 e. The average molecular weight is 305 g/mol. The van der Waals surface area contributed by atoms with Gasteiger partial charge < -0.3 is 14.4 Å². The summed E-state index contributed by atoms with van der Waals surface area (Å²) in [6.45, 7) is 2.19. The lowest BCUT2D eigenvalue weighted by atomic mass is 10.1. The van der Waals surface area contributed by atoms with Gasteiger partial charge in [-0.1, -0.05) is 6.07 Å². The van der Waals surface area contributed by atoms with E-state index in [1.807, 2.05) is 17.8 Å². The summed E-state index contributed by atoms with van der Waals surface area (Å²) in [5, 5.41) is 10.6. The standard InChI is InChI=1S/C16H20FN3O2/c1-19-8-14(18-12-19)9-20-6-5-16(21,10-20)11-22-15-4-2-3-13(17)7-15/h2-4,7-8,12,21H,5-6,9-11H2,1H3/t16-/m1/s1. The normalized spacial score (nSPS) is 22.1. The Kier molecular flexibility index (Phi) is 4.13. The van der Waals surface area contributed by atoms with Crippen molar-refractivity contribution in [3.63, 3.8) is 0 Å². The van der Waals surface area contributed by atoms with Crippen LogP contribution in [0.2, 0.25) is 0 Å². The van der Waals surface area contributed by atoms with Crippen LogP contribution in [0.3, 0.4) is 0 Å². The molecule has 0 radical (unpaired) electrons. The molecule has 0 unspecified atom stereocenters. The van der Waals surface area contributed by atoms with Crippen LogP contribution in [-0.2, 0) is 13.6 Å². The minimum absolute atomic E-state index is 0.162. The molecule has 2 heterocycles. The number of hydrogen-bond acceptors (Lipinski definition) is 4. The van der Waals surface area contributed by atoms with Crippen LogP contribution in [0, 0.1) is 5.82 Å². The second kappa shape index (κ2) is 6.06. The van der Waals surface area contributed by atoms with E-state index in [1.165, 1.54) is 12.1 Å². The summed E-state index contributed by atoms with van der Waals surface area (Å²) < 4.78 is 20.6.